The van der Waals surface area contributed by atoms with Crippen molar-refractivity contribution in [2.24, 2.45) is 0 Å². The van der Waals surface area contributed by atoms with Gasteiger partial charge in [0.15, 0.2) is 5.82 Å². The zero-order valence-corrected chi connectivity index (χ0v) is 20.6. The van der Waals surface area contributed by atoms with Gasteiger partial charge in [0, 0.05) is 45.1 Å². The first-order valence-electron chi connectivity index (χ1n) is 11.7. The molecule has 1 saturated heterocycles. The molecule has 1 atom stereocenters. The molecule has 0 radical (unpaired) electrons. The number of aryl methyl sites for hydroxylation is 1. The van der Waals surface area contributed by atoms with Crippen molar-refractivity contribution in [1.82, 2.24) is 30.1 Å². The first-order valence-corrected chi connectivity index (χ1v) is 12.4. The lowest BCUT2D eigenvalue weighted by molar-refractivity contribution is 0.200. The molecule has 9 heteroatoms. The summed E-state index contributed by atoms with van der Waals surface area (Å²) in [4.78, 5) is 8.78. The van der Waals surface area contributed by atoms with Crippen LogP contribution in [0.2, 0.25) is 10.0 Å². The Bertz CT molecular complexity index is 1250. The molecule has 5 rings (SSSR count). The van der Waals surface area contributed by atoms with Gasteiger partial charge in [0.1, 0.15) is 0 Å². The second-order valence-electron chi connectivity index (χ2n) is 8.60. The first kappa shape index (κ1) is 23.0. The zero-order valence-electron chi connectivity index (χ0n) is 19.1. The predicted molar refractivity (Wildman–Crippen MR) is 137 cm³/mol. The van der Waals surface area contributed by atoms with Crippen LogP contribution in [0.25, 0.3) is 10.8 Å². The topological polar surface area (TPSA) is 63.0 Å². The summed E-state index contributed by atoms with van der Waals surface area (Å²) < 4.78 is 1.96. The average molecular weight is 496 g/mol. The molecule has 3 heterocycles. The van der Waals surface area contributed by atoms with E-state index in [-0.39, 0.29) is 6.04 Å². The van der Waals surface area contributed by atoms with E-state index in [2.05, 4.69) is 79.7 Å². The molecule has 1 aliphatic heterocycles. The van der Waals surface area contributed by atoms with Gasteiger partial charge in [0.05, 0.1) is 21.8 Å². The highest BCUT2D eigenvalue weighted by Crippen LogP contribution is 2.35. The number of anilines is 1. The molecule has 0 bridgehead atoms. The minimum Gasteiger partial charge on any atom is -0.366 e. The van der Waals surface area contributed by atoms with Gasteiger partial charge in [-0.2, -0.15) is 0 Å². The van der Waals surface area contributed by atoms with Crippen LogP contribution in [0.4, 0.5) is 5.69 Å². The Kier molecular flexibility index (Phi) is 6.94. The highest BCUT2D eigenvalue weighted by molar-refractivity contribution is 6.38. The molecule has 0 N–H and O–H groups in total. The van der Waals surface area contributed by atoms with Crippen molar-refractivity contribution in [3.05, 3.63) is 76.3 Å². The molecular formula is C25H27Cl2N7. The summed E-state index contributed by atoms with van der Waals surface area (Å²) in [5.74, 6) is 0.886. The van der Waals surface area contributed by atoms with E-state index in [1.165, 1.54) is 16.3 Å². The standard InChI is InChI=1S/C25H27Cl2N7/c1-2-3-10-34-25(29-30-31-34)23(20-9-8-18-6-4-5-7-19(18)15-20)32-11-13-33(14-12-32)24-21(26)16-28-17-22(24)27/h4-9,15-17,23H,2-3,10-14H2,1H3. The minimum absolute atomic E-state index is 0.0398. The number of unbranched alkanes of at least 4 members (excludes halogenated alkanes) is 1. The molecule has 34 heavy (non-hydrogen) atoms. The van der Waals surface area contributed by atoms with E-state index in [0.29, 0.717) is 10.0 Å². The molecule has 0 amide bonds. The highest BCUT2D eigenvalue weighted by atomic mass is 35.5. The maximum atomic E-state index is 6.43. The zero-order chi connectivity index (χ0) is 23.5. The third-order valence-electron chi connectivity index (χ3n) is 6.44. The number of nitrogens with zero attached hydrogens (tertiary/aromatic N) is 7. The van der Waals surface area contributed by atoms with Crippen molar-refractivity contribution in [3.8, 4) is 0 Å². The quantitative estimate of drug-likeness (QED) is 0.349. The molecule has 2 aromatic carbocycles. The molecule has 1 fully saturated rings. The van der Waals surface area contributed by atoms with Crippen LogP contribution in [-0.4, -0.2) is 56.3 Å². The summed E-state index contributed by atoms with van der Waals surface area (Å²) in [6.45, 7) is 6.24. The van der Waals surface area contributed by atoms with E-state index in [1.807, 2.05) is 4.68 Å². The van der Waals surface area contributed by atoms with Gasteiger partial charge >= 0.3 is 0 Å². The SMILES string of the molecule is CCCCn1nnnc1C(c1ccc2ccccc2c1)N1CCN(c2c(Cl)cncc2Cl)CC1. The number of benzene rings is 2. The molecule has 1 aliphatic rings. The lowest BCUT2D eigenvalue weighted by Crippen LogP contribution is -2.48. The van der Waals surface area contributed by atoms with Crippen LogP contribution in [-0.2, 0) is 6.54 Å². The number of hydrogen-bond donors (Lipinski definition) is 0. The summed E-state index contributed by atoms with van der Waals surface area (Å²) in [7, 11) is 0. The third-order valence-corrected chi connectivity index (χ3v) is 6.99. The largest absolute Gasteiger partial charge is 0.366 e. The van der Waals surface area contributed by atoms with Gasteiger partial charge in [0.25, 0.3) is 0 Å². The van der Waals surface area contributed by atoms with E-state index < -0.39 is 0 Å². The summed E-state index contributed by atoms with van der Waals surface area (Å²) in [6, 6.07) is 15.1. The molecule has 0 spiro atoms. The third kappa shape index (κ3) is 4.60. The maximum absolute atomic E-state index is 6.43. The number of piperazine rings is 1. The number of fused-ring (bicyclic) bond motifs is 1. The number of pyridine rings is 1. The van der Waals surface area contributed by atoms with Crippen molar-refractivity contribution in [3.63, 3.8) is 0 Å². The molecule has 0 aliphatic carbocycles. The second-order valence-corrected chi connectivity index (χ2v) is 9.41. The normalized spacial score (nSPS) is 15.7. The van der Waals surface area contributed by atoms with Gasteiger partial charge in [-0.05, 0) is 39.2 Å². The number of rotatable bonds is 7. The van der Waals surface area contributed by atoms with Crippen molar-refractivity contribution in [1.29, 1.82) is 0 Å². The van der Waals surface area contributed by atoms with E-state index in [1.54, 1.807) is 12.4 Å². The van der Waals surface area contributed by atoms with Gasteiger partial charge in [-0.15, -0.1) is 5.10 Å². The number of halogens is 2. The molecular weight excluding hydrogens is 469 g/mol. The molecule has 0 saturated carbocycles. The number of aromatic nitrogens is 5. The summed E-state index contributed by atoms with van der Waals surface area (Å²) in [5, 5.41) is 16.5. The molecule has 2 aromatic heterocycles. The second kappa shape index (κ2) is 10.3. The van der Waals surface area contributed by atoms with Crippen molar-refractivity contribution in [2.45, 2.75) is 32.4 Å². The Hall–Kier alpha value is -2.74. The Balaban J connectivity index is 1.47. The first-order chi connectivity index (χ1) is 16.7. The Morgan fingerprint density at radius 2 is 1.68 bits per heavy atom. The summed E-state index contributed by atoms with van der Waals surface area (Å²) >= 11 is 12.9. The fourth-order valence-corrected chi connectivity index (χ4v) is 5.29. The van der Waals surface area contributed by atoms with Gasteiger partial charge < -0.3 is 4.90 Å². The van der Waals surface area contributed by atoms with E-state index in [0.717, 1.165) is 57.1 Å². The smallest absolute Gasteiger partial charge is 0.173 e. The molecule has 7 nitrogen and oxygen atoms in total. The van der Waals surface area contributed by atoms with E-state index in [4.69, 9.17) is 23.2 Å². The monoisotopic (exact) mass is 495 g/mol. The van der Waals surface area contributed by atoms with Gasteiger partial charge in [-0.1, -0.05) is 72.9 Å². The summed E-state index contributed by atoms with van der Waals surface area (Å²) in [5.41, 5.74) is 2.05. The van der Waals surface area contributed by atoms with E-state index in [9.17, 15) is 0 Å². The predicted octanol–water partition coefficient (Wildman–Crippen LogP) is 5.24. The van der Waals surface area contributed by atoms with Gasteiger partial charge in [-0.3, -0.25) is 9.88 Å². The van der Waals surface area contributed by atoms with Crippen LogP contribution in [0.5, 0.6) is 0 Å². The van der Waals surface area contributed by atoms with Gasteiger partial charge in [0.2, 0.25) is 0 Å². The fourth-order valence-electron chi connectivity index (χ4n) is 4.69. The van der Waals surface area contributed by atoms with Crippen LogP contribution in [0.1, 0.15) is 37.2 Å². The van der Waals surface area contributed by atoms with Gasteiger partial charge in [-0.25, -0.2) is 4.68 Å². The van der Waals surface area contributed by atoms with Crippen molar-refractivity contribution >= 4 is 39.7 Å². The fraction of sp³-hybridized carbons (Fsp3) is 0.360. The van der Waals surface area contributed by atoms with Crippen LogP contribution in [0.3, 0.4) is 0 Å². The maximum Gasteiger partial charge on any atom is 0.173 e. The average Bonchev–Trinajstić information content (AvgIpc) is 3.31. The number of hydrogen-bond acceptors (Lipinski definition) is 6. The molecule has 4 aromatic rings. The Labute approximate surface area is 209 Å². The lowest BCUT2D eigenvalue weighted by Gasteiger charge is -2.40. The lowest BCUT2D eigenvalue weighted by atomic mass is 9.99. The van der Waals surface area contributed by atoms with Crippen molar-refractivity contribution < 1.29 is 0 Å². The van der Waals surface area contributed by atoms with Crippen LogP contribution >= 0.6 is 23.2 Å². The van der Waals surface area contributed by atoms with Crippen molar-refractivity contribution in [2.75, 3.05) is 31.1 Å². The molecule has 176 valence electrons. The van der Waals surface area contributed by atoms with Crippen LogP contribution < -0.4 is 4.90 Å². The molecule has 1 unspecified atom stereocenters. The Morgan fingerprint density at radius 3 is 2.41 bits per heavy atom. The van der Waals surface area contributed by atoms with E-state index >= 15 is 0 Å². The Morgan fingerprint density at radius 1 is 0.941 bits per heavy atom. The number of tetrazole rings is 1. The van der Waals surface area contributed by atoms with Crippen LogP contribution in [0.15, 0.2) is 54.9 Å². The summed E-state index contributed by atoms with van der Waals surface area (Å²) in [6.07, 6.45) is 5.42. The highest BCUT2D eigenvalue weighted by Gasteiger charge is 2.31. The van der Waals surface area contributed by atoms with Crippen LogP contribution in [0, 0.1) is 0 Å². The minimum atomic E-state index is -0.0398.